The van der Waals surface area contributed by atoms with E-state index in [0.29, 0.717) is 18.1 Å². The summed E-state index contributed by atoms with van der Waals surface area (Å²) in [5.74, 6) is -0.135. The molecule has 19 heavy (non-hydrogen) atoms. The minimum Gasteiger partial charge on any atom is -0.423 e. The number of aromatic nitrogens is 1. The van der Waals surface area contributed by atoms with Crippen molar-refractivity contribution in [2.24, 2.45) is 10.8 Å². The molecule has 0 saturated heterocycles. The third-order valence-electron chi connectivity index (χ3n) is 1.79. The molecule has 0 atom stereocenters. The van der Waals surface area contributed by atoms with Crippen molar-refractivity contribution in [1.29, 1.82) is 0 Å². The molecule has 7 nitrogen and oxygen atoms in total. The van der Waals surface area contributed by atoms with Crippen LogP contribution in [0.1, 0.15) is 12.6 Å². The van der Waals surface area contributed by atoms with Gasteiger partial charge in [-0.15, -0.1) is 0 Å². The normalized spacial score (nSPS) is 10.4. The van der Waals surface area contributed by atoms with Gasteiger partial charge in [-0.05, 0) is 31.3 Å². The van der Waals surface area contributed by atoms with Crippen LogP contribution < -0.4 is 15.9 Å². The number of rotatable bonds is 6. The van der Waals surface area contributed by atoms with Gasteiger partial charge < -0.3 is 15.2 Å². The highest BCUT2D eigenvalue weighted by Crippen LogP contribution is 2.08. The fourth-order valence-electron chi connectivity index (χ4n) is 1.04. The standard InChI is InChI=1S/C11H14N4O3S/c1-2-17-7-10(16)18-9-4-3-8(13-6-9)5-14-15-11(12)19/h3-6H,2,7H2,1H3,(H3,12,15,19). The SMILES string of the molecule is CCOCC(=O)Oc1ccc(C=NNC(N)=S)nc1. The first kappa shape index (κ1) is 15.0. The third-order valence-corrected chi connectivity index (χ3v) is 1.88. The van der Waals surface area contributed by atoms with E-state index in [1.165, 1.54) is 12.4 Å². The number of hydrazone groups is 1. The summed E-state index contributed by atoms with van der Waals surface area (Å²) in [6.45, 7) is 2.17. The second kappa shape index (κ2) is 8.11. The Balaban J connectivity index is 2.49. The molecule has 0 saturated carbocycles. The van der Waals surface area contributed by atoms with Crippen molar-refractivity contribution in [3.05, 3.63) is 24.0 Å². The highest BCUT2D eigenvalue weighted by Gasteiger charge is 2.04. The second-order valence-corrected chi connectivity index (χ2v) is 3.70. The lowest BCUT2D eigenvalue weighted by molar-refractivity contribution is -0.139. The number of nitrogens with one attached hydrogen (secondary N) is 1. The van der Waals surface area contributed by atoms with Crippen LogP contribution in [0.2, 0.25) is 0 Å². The highest BCUT2D eigenvalue weighted by atomic mass is 32.1. The van der Waals surface area contributed by atoms with Gasteiger partial charge in [-0.3, -0.25) is 10.4 Å². The number of hydrogen-bond donors (Lipinski definition) is 2. The molecule has 0 aliphatic rings. The zero-order valence-electron chi connectivity index (χ0n) is 10.3. The monoisotopic (exact) mass is 282 g/mol. The minimum atomic E-state index is -0.472. The van der Waals surface area contributed by atoms with E-state index < -0.39 is 5.97 Å². The van der Waals surface area contributed by atoms with Crippen molar-refractivity contribution in [2.75, 3.05) is 13.2 Å². The Morgan fingerprint density at radius 1 is 1.63 bits per heavy atom. The Morgan fingerprint density at radius 2 is 2.42 bits per heavy atom. The van der Waals surface area contributed by atoms with Crippen LogP contribution in [0.25, 0.3) is 0 Å². The van der Waals surface area contributed by atoms with E-state index in [0.717, 1.165) is 0 Å². The number of thiocarbonyl (C=S) groups is 1. The summed E-state index contributed by atoms with van der Waals surface area (Å²) in [5.41, 5.74) is 8.16. The van der Waals surface area contributed by atoms with Crippen molar-refractivity contribution in [3.63, 3.8) is 0 Å². The number of carbonyl (C=O) groups excluding carboxylic acids is 1. The fourth-order valence-corrected chi connectivity index (χ4v) is 1.09. The predicted molar refractivity (Wildman–Crippen MR) is 73.9 cm³/mol. The summed E-state index contributed by atoms with van der Waals surface area (Å²) in [7, 11) is 0. The smallest absolute Gasteiger partial charge is 0.337 e. The van der Waals surface area contributed by atoms with Crippen molar-refractivity contribution < 1.29 is 14.3 Å². The summed E-state index contributed by atoms with van der Waals surface area (Å²) >= 11 is 4.58. The molecule has 0 bridgehead atoms. The van der Waals surface area contributed by atoms with Gasteiger partial charge in [-0.1, -0.05) is 0 Å². The first-order valence-corrected chi connectivity index (χ1v) is 5.85. The summed E-state index contributed by atoms with van der Waals surface area (Å²) in [4.78, 5) is 15.3. The Hall–Kier alpha value is -2.06. The van der Waals surface area contributed by atoms with Gasteiger partial charge in [0.05, 0.1) is 18.1 Å². The summed E-state index contributed by atoms with van der Waals surface area (Å²) < 4.78 is 9.91. The largest absolute Gasteiger partial charge is 0.423 e. The van der Waals surface area contributed by atoms with E-state index in [1.807, 2.05) is 0 Å². The average molecular weight is 282 g/mol. The molecule has 0 amide bonds. The Bertz CT molecular complexity index is 462. The number of esters is 1. The van der Waals surface area contributed by atoms with Crippen LogP contribution in [0.15, 0.2) is 23.4 Å². The molecule has 0 radical (unpaired) electrons. The van der Waals surface area contributed by atoms with Gasteiger partial charge in [0.15, 0.2) is 5.11 Å². The molecule has 1 aromatic rings. The van der Waals surface area contributed by atoms with Crippen LogP contribution in [0.5, 0.6) is 5.75 Å². The lowest BCUT2D eigenvalue weighted by Crippen LogP contribution is -2.24. The molecule has 0 aliphatic carbocycles. The van der Waals surface area contributed by atoms with Gasteiger partial charge in [0.2, 0.25) is 0 Å². The number of nitrogens with zero attached hydrogens (tertiary/aromatic N) is 2. The van der Waals surface area contributed by atoms with Crippen LogP contribution in [0.3, 0.4) is 0 Å². The predicted octanol–water partition coefficient (Wildman–Crippen LogP) is 0.191. The van der Waals surface area contributed by atoms with Crippen molar-refractivity contribution in [2.45, 2.75) is 6.92 Å². The van der Waals surface area contributed by atoms with Crippen molar-refractivity contribution in [3.8, 4) is 5.75 Å². The molecule has 1 rings (SSSR count). The average Bonchev–Trinajstić information content (AvgIpc) is 2.38. The molecule has 3 N–H and O–H groups in total. The summed E-state index contributed by atoms with van der Waals surface area (Å²) in [6.07, 6.45) is 2.84. The number of carbonyl (C=O) groups is 1. The molecule has 1 heterocycles. The number of ether oxygens (including phenoxy) is 2. The topological polar surface area (TPSA) is 98.8 Å². The number of nitrogens with two attached hydrogens (primary N) is 1. The lowest BCUT2D eigenvalue weighted by atomic mass is 10.3. The van der Waals surface area contributed by atoms with Gasteiger partial charge in [-0.25, -0.2) is 4.79 Å². The zero-order chi connectivity index (χ0) is 14.1. The summed E-state index contributed by atoms with van der Waals surface area (Å²) in [5, 5.41) is 3.81. The molecule has 8 heteroatoms. The molecule has 1 aromatic heterocycles. The maximum Gasteiger partial charge on any atom is 0.337 e. The maximum absolute atomic E-state index is 11.3. The molecule has 0 unspecified atom stereocenters. The van der Waals surface area contributed by atoms with Crippen LogP contribution in [-0.2, 0) is 9.53 Å². The lowest BCUT2D eigenvalue weighted by Gasteiger charge is -2.03. The van der Waals surface area contributed by atoms with Crippen LogP contribution in [-0.4, -0.2) is 35.5 Å². The molecule has 0 spiro atoms. The second-order valence-electron chi connectivity index (χ2n) is 3.26. The zero-order valence-corrected chi connectivity index (χ0v) is 11.1. The van der Waals surface area contributed by atoms with Crippen LogP contribution in [0.4, 0.5) is 0 Å². The van der Waals surface area contributed by atoms with E-state index in [1.54, 1.807) is 19.1 Å². The van der Waals surface area contributed by atoms with Gasteiger partial charge in [-0.2, -0.15) is 5.10 Å². The Labute approximate surface area is 115 Å². The minimum absolute atomic E-state index is 0.0673. The summed E-state index contributed by atoms with van der Waals surface area (Å²) in [6, 6.07) is 3.23. The molecular weight excluding hydrogens is 268 g/mol. The van der Waals surface area contributed by atoms with Gasteiger partial charge in [0.1, 0.15) is 12.4 Å². The highest BCUT2D eigenvalue weighted by molar-refractivity contribution is 7.80. The Kier molecular flexibility index (Phi) is 6.41. The van der Waals surface area contributed by atoms with E-state index in [9.17, 15) is 4.79 Å². The van der Waals surface area contributed by atoms with E-state index in [2.05, 4.69) is 27.7 Å². The van der Waals surface area contributed by atoms with E-state index in [4.69, 9.17) is 15.2 Å². The first-order chi connectivity index (χ1) is 9.11. The van der Waals surface area contributed by atoms with Crippen LogP contribution in [0, 0.1) is 0 Å². The van der Waals surface area contributed by atoms with Crippen molar-refractivity contribution in [1.82, 2.24) is 10.4 Å². The van der Waals surface area contributed by atoms with Gasteiger partial charge in [0.25, 0.3) is 0 Å². The van der Waals surface area contributed by atoms with Crippen LogP contribution >= 0.6 is 12.2 Å². The third kappa shape index (κ3) is 6.43. The van der Waals surface area contributed by atoms with Gasteiger partial charge in [0, 0.05) is 6.61 Å². The molecule has 0 fully saturated rings. The molecular formula is C11H14N4O3S. The van der Waals surface area contributed by atoms with Gasteiger partial charge >= 0.3 is 5.97 Å². The van der Waals surface area contributed by atoms with E-state index >= 15 is 0 Å². The number of hydrogen-bond acceptors (Lipinski definition) is 6. The van der Waals surface area contributed by atoms with E-state index in [-0.39, 0.29) is 11.7 Å². The molecule has 102 valence electrons. The van der Waals surface area contributed by atoms with Crippen molar-refractivity contribution >= 4 is 29.5 Å². The fraction of sp³-hybridized carbons (Fsp3) is 0.273. The first-order valence-electron chi connectivity index (χ1n) is 5.44. The maximum atomic E-state index is 11.3. The Morgan fingerprint density at radius 3 is 3.00 bits per heavy atom. The number of pyridine rings is 1. The molecule has 0 aromatic carbocycles. The quantitative estimate of drug-likeness (QED) is 0.332. The molecule has 0 aliphatic heterocycles.